The summed E-state index contributed by atoms with van der Waals surface area (Å²) >= 11 is 0. The Kier molecular flexibility index (Phi) is 3.39. The number of fused-ring (bicyclic) bond motifs is 1. The fourth-order valence-corrected chi connectivity index (χ4v) is 2.27. The Morgan fingerprint density at radius 1 is 1.47 bits per heavy atom. The summed E-state index contributed by atoms with van der Waals surface area (Å²) in [6, 6.07) is 1.49. The van der Waals surface area contributed by atoms with Crippen LogP contribution in [-0.4, -0.2) is 28.1 Å². The molecule has 2 rings (SSSR count). The lowest BCUT2D eigenvalue weighted by Crippen LogP contribution is -2.42. The summed E-state index contributed by atoms with van der Waals surface area (Å²) in [5.41, 5.74) is 1.03. The van der Waals surface area contributed by atoms with Crippen molar-refractivity contribution in [2.75, 3.05) is 6.54 Å². The van der Waals surface area contributed by atoms with E-state index < -0.39 is 5.60 Å². The molecule has 0 spiro atoms. The minimum atomic E-state index is -0.524. The van der Waals surface area contributed by atoms with Crippen LogP contribution in [0.4, 0.5) is 4.79 Å². The molecule has 0 radical (unpaired) electrons. The SMILES string of the molecule is CC1CN(C(=O)OC(C)(C)C)Cc2c1[nH]ccc2=O. The molecule has 0 aliphatic carbocycles. The summed E-state index contributed by atoms with van der Waals surface area (Å²) in [6.07, 6.45) is 1.29. The van der Waals surface area contributed by atoms with Gasteiger partial charge in [-0.1, -0.05) is 6.92 Å². The Bertz CT molecular complexity index is 542. The third-order valence-electron chi connectivity index (χ3n) is 3.08. The average Bonchev–Trinajstić information content (AvgIpc) is 2.28. The van der Waals surface area contributed by atoms with Gasteiger partial charge in [-0.15, -0.1) is 0 Å². The lowest BCUT2D eigenvalue weighted by atomic mass is 9.96. The van der Waals surface area contributed by atoms with Gasteiger partial charge in [0.05, 0.1) is 6.54 Å². The van der Waals surface area contributed by atoms with Gasteiger partial charge in [0, 0.05) is 36.0 Å². The molecule has 104 valence electrons. The topological polar surface area (TPSA) is 62.4 Å². The van der Waals surface area contributed by atoms with E-state index in [1.54, 1.807) is 11.1 Å². The third-order valence-corrected chi connectivity index (χ3v) is 3.08. The molecular weight excluding hydrogens is 244 g/mol. The second-order valence-electron chi connectivity index (χ2n) is 6.00. The van der Waals surface area contributed by atoms with Crippen LogP contribution in [0, 0.1) is 0 Å². The highest BCUT2D eigenvalue weighted by Crippen LogP contribution is 2.25. The lowest BCUT2D eigenvalue weighted by Gasteiger charge is -2.33. The number of carbonyl (C=O) groups excluding carboxylic acids is 1. The maximum atomic E-state index is 12.1. The molecular formula is C14H20N2O3. The van der Waals surface area contributed by atoms with Crippen molar-refractivity contribution in [3.05, 3.63) is 33.7 Å². The van der Waals surface area contributed by atoms with Crippen LogP contribution in [0.5, 0.6) is 0 Å². The highest BCUT2D eigenvalue weighted by atomic mass is 16.6. The van der Waals surface area contributed by atoms with Gasteiger partial charge in [0.15, 0.2) is 5.43 Å². The van der Waals surface area contributed by atoms with E-state index in [4.69, 9.17) is 4.74 Å². The molecule has 1 aliphatic rings. The smallest absolute Gasteiger partial charge is 0.410 e. The number of ether oxygens (including phenoxy) is 1. The first-order chi connectivity index (χ1) is 8.78. The van der Waals surface area contributed by atoms with Crippen LogP contribution in [0.15, 0.2) is 17.1 Å². The molecule has 1 aromatic heterocycles. The van der Waals surface area contributed by atoms with Gasteiger partial charge < -0.3 is 14.6 Å². The molecule has 1 amide bonds. The Morgan fingerprint density at radius 2 is 2.16 bits per heavy atom. The lowest BCUT2D eigenvalue weighted by molar-refractivity contribution is 0.0206. The van der Waals surface area contributed by atoms with Gasteiger partial charge in [-0.2, -0.15) is 0 Å². The first kappa shape index (κ1) is 13.6. The van der Waals surface area contributed by atoms with Gasteiger partial charge in [0.2, 0.25) is 0 Å². The van der Waals surface area contributed by atoms with E-state index in [9.17, 15) is 9.59 Å². The summed E-state index contributed by atoms with van der Waals surface area (Å²) in [5.74, 6) is 0.102. The molecule has 5 heteroatoms. The second-order valence-corrected chi connectivity index (χ2v) is 6.00. The van der Waals surface area contributed by atoms with Crippen LogP contribution in [0.2, 0.25) is 0 Å². The van der Waals surface area contributed by atoms with Crippen molar-refractivity contribution in [3.8, 4) is 0 Å². The predicted molar refractivity (Wildman–Crippen MR) is 72.1 cm³/mol. The largest absolute Gasteiger partial charge is 0.444 e. The van der Waals surface area contributed by atoms with Crippen molar-refractivity contribution in [3.63, 3.8) is 0 Å². The van der Waals surface area contributed by atoms with Gasteiger partial charge in [0.1, 0.15) is 5.60 Å². The zero-order chi connectivity index (χ0) is 14.2. The van der Waals surface area contributed by atoms with Gasteiger partial charge in [0.25, 0.3) is 0 Å². The number of nitrogens with zero attached hydrogens (tertiary/aromatic N) is 1. The van der Waals surface area contributed by atoms with Crippen molar-refractivity contribution in [1.29, 1.82) is 0 Å². The molecule has 1 atom stereocenters. The summed E-state index contributed by atoms with van der Waals surface area (Å²) in [6.45, 7) is 8.36. The summed E-state index contributed by atoms with van der Waals surface area (Å²) < 4.78 is 5.36. The fraction of sp³-hybridized carbons (Fsp3) is 0.571. The van der Waals surface area contributed by atoms with Crippen molar-refractivity contribution < 1.29 is 9.53 Å². The van der Waals surface area contributed by atoms with Crippen LogP contribution in [0.25, 0.3) is 0 Å². The monoisotopic (exact) mass is 264 g/mol. The molecule has 1 aliphatic heterocycles. The van der Waals surface area contributed by atoms with Crippen molar-refractivity contribution >= 4 is 6.09 Å². The van der Waals surface area contributed by atoms with Gasteiger partial charge in [-0.25, -0.2) is 4.79 Å². The number of pyridine rings is 1. The predicted octanol–water partition coefficient (Wildman–Crippen LogP) is 2.23. The number of hydrogen-bond acceptors (Lipinski definition) is 3. The van der Waals surface area contributed by atoms with Crippen LogP contribution >= 0.6 is 0 Å². The zero-order valence-electron chi connectivity index (χ0n) is 11.8. The van der Waals surface area contributed by atoms with Crippen molar-refractivity contribution in [2.24, 2.45) is 0 Å². The third kappa shape index (κ3) is 2.97. The second kappa shape index (κ2) is 4.72. The molecule has 0 aromatic carbocycles. The number of carbonyl (C=O) groups is 1. The number of hydrogen-bond donors (Lipinski definition) is 1. The van der Waals surface area contributed by atoms with Gasteiger partial charge in [-0.05, 0) is 20.8 Å². The molecule has 1 aromatic rings. The van der Waals surface area contributed by atoms with Crippen molar-refractivity contribution in [2.45, 2.75) is 45.8 Å². The van der Waals surface area contributed by atoms with Crippen LogP contribution in [-0.2, 0) is 11.3 Å². The molecule has 19 heavy (non-hydrogen) atoms. The molecule has 0 saturated heterocycles. The van der Waals surface area contributed by atoms with Gasteiger partial charge >= 0.3 is 6.09 Å². The minimum Gasteiger partial charge on any atom is -0.444 e. The van der Waals surface area contributed by atoms with E-state index in [0.29, 0.717) is 18.7 Å². The summed E-state index contributed by atoms with van der Waals surface area (Å²) in [4.78, 5) is 28.6. The van der Waals surface area contributed by atoms with Crippen LogP contribution in [0.3, 0.4) is 0 Å². The van der Waals surface area contributed by atoms with E-state index in [1.807, 2.05) is 27.7 Å². The Labute approximate surface area is 112 Å². The van der Waals surface area contributed by atoms with E-state index in [1.165, 1.54) is 6.07 Å². The Balaban J connectivity index is 2.23. The quantitative estimate of drug-likeness (QED) is 0.781. The Morgan fingerprint density at radius 3 is 2.79 bits per heavy atom. The molecule has 0 fully saturated rings. The summed E-state index contributed by atoms with van der Waals surface area (Å²) in [7, 11) is 0. The molecule has 1 unspecified atom stereocenters. The zero-order valence-corrected chi connectivity index (χ0v) is 11.8. The first-order valence-electron chi connectivity index (χ1n) is 6.46. The van der Waals surface area contributed by atoms with Crippen LogP contribution in [0.1, 0.15) is 44.9 Å². The number of aromatic amines is 1. The highest BCUT2D eigenvalue weighted by Gasteiger charge is 2.30. The molecule has 0 bridgehead atoms. The minimum absolute atomic E-state index is 0.0335. The summed E-state index contributed by atoms with van der Waals surface area (Å²) in [5, 5.41) is 0. The van der Waals surface area contributed by atoms with E-state index in [2.05, 4.69) is 4.98 Å². The number of nitrogens with one attached hydrogen (secondary N) is 1. The number of aromatic nitrogens is 1. The molecule has 1 N–H and O–H groups in total. The van der Waals surface area contributed by atoms with Gasteiger partial charge in [-0.3, -0.25) is 4.79 Å². The molecule has 0 saturated carbocycles. The van der Waals surface area contributed by atoms with E-state index >= 15 is 0 Å². The molecule has 2 heterocycles. The highest BCUT2D eigenvalue weighted by molar-refractivity contribution is 5.68. The van der Waals surface area contributed by atoms with E-state index in [0.717, 1.165) is 5.69 Å². The first-order valence-corrected chi connectivity index (χ1v) is 6.46. The maximum absolute atomic E-state index is 12.1. The number of H-pyrrole nitrogens is 1. The molecule has 5 nitrogen and oxygen atoms in total. The van der Waals surface area contributed by atoms with Crippen LogP contribution < -0.4 is 5.43 Å². The average molecular weight is 264 g/mol. The maximum Gasteiger partial charge on any atom is 0.410 e. The number of rotatable bonds is 0. The Hall–Kier alpha value is -1.78. The van der Waals surface area contributed by atoms with E-state index in [-0.39, 0.29) is 17.4 Å². The number of amides is 1. The normalized spacial score (nSPS) is 18.9. The fourth-order valence-electron chi connectivity index (χ4n) is 2.27. The van der Waals surface area contributed by atoms with Crippen molar-refractivity contribution in [1.82, 2.24) is 9.88 Å². The standard InChI is InChI=1S/C14H20N2O3/c1-9-7-16(13(18)19-14(2,3)4)8-10-11(17)5-6-15-12(9)10/h5-6,9H,7-8H2,1-4H3,(H,15,17).